The third-order valence-corrected chi connectivity index (χ3v) is 7.78. The molecule has 3 saturated carbocycles. The van der Waals surface area contributed by atoms with Crippen LogP contribution in [0.15, 0.2) is 11.6 Å². The number of carbonyl (C=O) groups excluding carboxylic acids is 1. The number of Topliss-reactive ketones (excluding diaryl/α,β-unsaturated/α-hetero) is 1. The number of aliphatic hydroxyl groups is 1. The predicted molar refractivity (Wildman–Crippen MR) is 83.0 cm³/mol. The van der Waals surface area contributed by atoms with Crippen molar-refractivity contribution in [2.24, 2.45) is 28.6 Å². The van der Waals surface area contributed by atoms with Crippen molar-refractivity contribution in [3.8, 4) is 0 Å². The standard InChI is InChI=1S/C19H27FO2/c1-18-7-5-12(21)9-11(18)3-4-13-14(18)6-8-19(2)15(13)10-16(20)17(19)22/h3,12-16,21H,4-10H2,1-2H3/t12-,13-,14+,15+,16-,18+,19+/m1/s1. The number of aliphatic hydroxyl groups excluding tert-OH is 1. The third-order valence-electron chi connectivity index (χ3n) is 7.78. The summed E-state index contributed by atoms with van der Waals surface area (Å²) in [5, 5.41) is 9.98. The first-order valence-electron chi connectivity index (χ1n) is 8.92. The van der Waals surface area contributed by atoms with Crippen LogP contribution in [0.1, 0.15) is 58.8 Å². The second-order valence-corrected chi connectivity index (χ2v) is 8.68. The van der Waals surface area contributed by atoms with Gasteiger partial charge in [-0.2, -0.15) is 0 Å². The molecule has 3 fully saturated rings. The first-order valence-corrected chi connectivity index (χ1v) is 8.92. The summed E-state index contributed by atoms with van der Waals surface area (Å²) >= 11 is 0. The summed E-state index contributed by atoms with van der Waals surface area (Å²) in [7, 11) is 0. The lowest BCUT2D eigenvalue weighted by Crippen LogP contribution is -2.50. The minimum atomic E-state index is -1.24. The highest BCUT2D eigenvalue weighted by atomic mass is 19.1. The highest BCUT2D eigenvalue weighted by Gasteiger charge is 2.61. The van der Waals surface area contributed by atoms with Gasteiger partial charge in [0, 0.05) is 5.41 Å². The summed E-state index contributed by atoms with van der Waals surface area (Å²) in [6, 6.07) is 0. The Bertz CT molecular complexity index is 542. The number of hydrogen-bond donors (Lipinski definition) is 1. The van der Waals surface area contributed by atoms with Crippen molar-refractivity contribution in [2.75, 3.05) is 0 Å². The minimum absolute atomic E-state index is 0.130. The Hall–Kier alpha value is -0.700. The second-order valence-electron chi connectivity index (χ2n) is 8.68. The van der Waals surface area contributed by atoms with Crippen LogP contribution in [0.4, 0.5) is 4.39 Å². The number of hydrogen-bond acceptors (Lipinski definition) is 2. The van der Waals surface area contributed by atoms with Gasteiger partial charge in [0.2, 0.25) is 0 Å². The molecule has 0 spiro atoms. The normalized spacial score (nSPS) is 54.3. The molecule has 0 radical (unpaired) electrons. The largest absolute Gasteiger partial charge is 0.393 e. The monoisotopic (exact) mass is 306 g/mol. The zero-order chi connectivity index (χ0) is 15.7. The molecule has 2 nitrogen and oxygen atoms in total. The van der Waals surface area contributed by atoms with Gasteiger partial charge in [0.05, 0.1) is 6.10 Å². The van der Waals surface area contributed by atoms with Gasteiger partial charge < -0.3 is 5.11 Å². The van der Waals surface area contributed by atoms with Crippen molar-refractivity contribution in [1.82, 2.24) is 0 Å². The Morgan fingerprint density at radius 1 is 1.18 bits per heavy atom. The predicted octanol–water partition coefficient (Wildman–Crippen LogP) is 3.83. The molecule has 0 aliphatic heterocycles. The van der Waals surface area contributed by atoms with Crippen LogP contribution >= 0.6 is 0 Å². The molecule has 0 aromatic rings. The van der Waals surface area contributed by atoms with Crippen LogP contribution in [0.5, 0.6) is 0 Å². The van der Waals surface area contributed by atoms with Gasteiger partial charge in [-0.05, 0) is 68.1 Å². The molecule has 0 aromatic heterocycles. The molecule has 122 valence electrons. The smallest absolute Gasteiger partial charge is 0.173 e. The van der Waals surface area contributed by atoms with Gasteiger partial charge in [-0.3, -0.25) is 4.79 Å². The van der Waals surface area contributed by atoms with Crippen LogP contribution in [0.25, 0.3) is 0 Å². The van der Waals surface area contributed by atoms with E-state index in [4.69, 9.17) is 0 Å². The van der Waals surface area contributed by atoms with Crippen LogP contribution in [-0.4, -0.2) is 23.2 Å². The van der Waals surface area contributed by atoms with Gasteiger partial charge >= 0.3 is 0 Å². The Kier molecular flexibility index (Phi) is 3.15. The fourth-order valence-electron chi connectivity index (χ4n) is 6.39. The van der Waals surface area contributed by atoms with E-state index in [1.807, 2.05) is 6.92 Å². The van der Waals surface area contributed by atoms with Gasteiger partial charge in [-0.15, -0.1) is 0 Å². The summed E-state index contributed by atoms with van der Waals surface area (Å²) in [6.45, 7) is 4.37. The molecular weight excluding hydrogens is 279 g/mol. The van der Waals surface area contributed by atoms with E-state index in [9.17, 15) is 14.3 Å². The van der Waals surface area contributed by atoms with Crippen molar-refractivity contribution in [1.29, 1.82) is 0 Å². The summed E-state index contributed by atoms with van der Waals surface area (Å²) < 4.78 is 14.1. The molecule has 3 heteroatoms. The summed E-state index contributed by atoms with van der Waals surface area (Å²) in [5.41, 5.74) is 1.18. The fourth-order valence-corrected chi connectivity index (χ4v) is 6.39. The molecule has 22 heavy (non-hydrogen) atoms. The average molecular weight is 306 g/mol. The van der Waals surface area contributed by atoms with Gasteiger partial charge in [-0.1, -0.05) is 25.5 Å². The van der Waals surface area contributed by atoms with Crippen molar-refractivity contribution < 1.29 is 14.3 Å². The third kappa shape index (κ3) is 1.78. The molecule has 4 rings (SSSR count). The van der Waals surface area contributed by atoms with Crippen LogP contribution in [0.2, 0.25) is 0 Å². The van der Waals surface area contributed by atoms with Crippen LogP contribution in [0, 0.1) is 28.6 Å². The highest BCUT2D eigenvalue weighted by molar-refractivity contribution is 5.91. The Balaban J connectivity index is 1.70. The van der Waals surface area contributed by atoms with Crippen molar-refractivity contribution in [2.45, 2.75) is 71.1 Å². The van der Waals surface area contributed by atoms with E-state index >= 15 is 0 Å². The minimum Gasteiger partial charge on any atom is -0.393 e. The molecule has 0 bridgehead atoms. The van der Waals surface area contributed by atoms with Crippen LogP contribution in [0.3, 0.4) is 0 Å². The van der Waals surface area contributed by atoms with E-state index in [-0.39, 0.29) is 23.2 Å². The van der Waals surface area contributed by atoms with Gasteiger partial charge in [-0.25, -0.2) is 4.39 Å². The molecule has 4 aliphatic carbocycles. The highest BCUT2D eigenvalue weighted by Crippen LogP contribution is 2.64. The van der Waals surface area contributed by atoms with Gasteiger partial charge in [0.15, 0.2) is 12.0 Å². The summed E-state index contributed by atoms with van der Waals surface area (Å²) in [4.78, 5) is 12.3. The zero-order valence-corrected chi connectivity index (χ0v) is 13.6. The molecule has 0 heterocycles. The molecule has 7 atom stereocenters. The van der Waals surface area contributed by atoms with E-state index in [0.29, 0.717) is 18.3 Å². The SMILES string of the molecule is C[C@]12CC[C@@H](O)CC1=CC[C@@H]1[C@@H]2CC[C@]2(C)C(=O)[C@H](F)C[C@@H]12. The van der Waals surface area contributed by atoms with Gasteiger partial charge in [0.25, 0.3) is 0 Å². The molecule has 0 amide bonds. The van der Waals surface area contributed by atoms with Gasteiger partial charge in [0.1, 0.15) is 0 Å². The van der Waals surface area contributed by atoms with E-state index in [2.05, 4.69) is 13.0 Å². The Morgan fingerprint density at radius 3 is 2.68 bits per heavy atom. The topological polar surface area (TPSA) is 37.3 Å². The lowest BCUT2D eigenvalue weighted by Gasteiger charge is -2.56. The molecule has 1 N–H and O–H groups in total. The summed E-state index contributed by atoms with van der Waals surface area (Å²) in [6.07, 6.45) is 6.94. The van der Waals surface area contributed by atoms with E-state index in [1.54, 1.807) is 0 Å². The maximum absolute atomic E-state index is 14.1. The van der Waals surface area contributed by atoms with E-state index in [0.717, 1.165) is 38.5 Å². The average Bonchev–Trinajstić information content (AvgIpc) is 2.72. The van der Waals surface area contributed by atoms with Crippen LogP contribution < -0.4 is 0 Å². The number of ketones is 1. The number of halogens is 1. The van der Waals surface area contributed by atoms with Crippen LogP contribution in [-0.2, 0) is 4.79 Å². The Labute approximate surface area is 132 Å². The maximum Gasteiger partial charge on any atom is 0.173 e. The first kappa shape index (κ1) is 14.9. The molecule has 4 aliphatic rings. The molecule has 0 saturated heterocycles. The maximum atomic E-state index is 14.1. The number of fused-ring (bicyclic) bond motifs is 5. The molecular formula is C19H27FO2. The number of rotatable bonds is 0. The van der Waals surface area contributed by atoms with E-state index in [1.165, 1.54) is 5.57 Å². The van der Waals surface area contributed by atoms with Crippen molar-refractivity contribution in [3.05, 3.63) is 11.6 Å². The second kappa shape index (κ2) is 4.66. The lowest BCUT2D eigenvalue weighted by atomic mass is 9.48. The zero-order valence-electron chi connectivity index (χ0n) is 13.6. The fraction of sp³-hybridized carbons (Fsp3) is 0.842. The lowest BCUT2D eigenvalue weighted by molar-refractivity contribution is -0.134. The molecule has 0 unspecified atom stereocenters. The molecule has 0 aromatic carbocycles. The first-order chi connectivity index (χ1) is 10.4. The number of alkyl halides is 1. The van der Waals surface area contributed by atoms with Crippen molar-refractivity contribution in [3.63, 3.8) is 0 Å². The summed E-state index contributed by atoms with van der Waals surface area (Å²) in [5.74, 6) is 1.11. The van der Waals surface area contributed by atoms with E-state index < -0.39 is 11.6 Å². The van der Waals surface area contributed by atoms with Crippen molar-refractivity contribution >= 4 is 5.78 Å². The number of carbonyl (C=O) groups is 1. The number of allylic oxidation sites excluding steroid dienone is 1. The quantitative estimate of drug-likeness (QED) is 0.691. The Morgan fingerprint density at radius 2 is 1.91 bits per heavy atom.